The van der Waals surface area contributed by atoms with E-state index in [1.807, 2.05) is 0 Å². The third-order valence-corrected chi connectivity index (χ3v) is 2.96. The molecule has 14 heavy (non-hydrogen) atoms. The number of methoxy groups -OCH3 is 1. The van der Waals surface area contributed by atoms with E-state index in [9.17, 15) is 4.79 Å². The highest BCUT2D eigenvalue weighted by Crippen LogP contribution is 2.23. The van der Waals surface area contributed by atoms with Crippen LogP contribution in [0.3, 0.4) is 0 Å². The second-order valence-corrected chi connectivity index (χ2v) is 4.38. The van der Waals surface area contributed by atoms with Crippen LogP contribution < -0.4 is 0 Å². The maximum absolute atomic E-state index is 11.1. The zero-order chi connectivity index (χ0) is 10.6. The van der Waals surface area contributed by atoms with Gasteiger partial charge in [0.15, 0.2) is 12.4 Å². The molecular weight excluding hydrogens is 252 g/mol. The highest BCUT2D eigenvalue weighted by atomic mass is 79.9. The lowest BCUT2D eigenvalue weighted by atomic mass is 10.2. The van der Waals surface area contributed by atoms with Gasteiger partial charge in [-0.3, -0.25) is 0 Å². The van der Waals surface area contributed by atoms with Gasteiger partial charge in [-0.1, -0.05) is 15.9 Å². The smallest absolute Gasteiger partial charge is 0.334 e. The number of esters is 1. The number of hydrogen-bond acceptors (Lipinski definition) is 4. The van der Waals surface area contributed by atoms with Crippen LogP contribution in [0.1, 0.15) is 19.8 Å². The zero-order valence-corrected chi connectivity index (χ0v) is 9.95. The van der Waals surface area contributed by atoms with Gasteiger partial charge >= 0.3 is 5.97 Å². The largest absolute Gasteiger partial charge is 0.467 e. The van der Waals surface area contributed by atoms with Gasteiger partial charge in [-0.25, -0.2) is 4.79 Å². The van der Waals surface area contributed by atoms with Crippen molar-refractivity contribution in [3.63, 3.8) is 0 Å². The summed E-state index contributed by atoms with van der Waals surface area (Å²) in [5.41, 5.74) is 0. The quantitative estimate of drug-likeness (QED) is 0.573. The summed E-state index contributed by atoms with van der Waals surface area (Å²) in [5.74, 6) is -0.376. The molecule has 0 aromatic rings. The summed E-state index contributed by atoms with van der Waals surface area (Å²) in [7, 11) is 1.34. The van der Waals surface area contributed by atoms with Crippen LogP contribution in [0, 0.1) is 0 Å². The molecule has 0 aromatic carbocycles. The number of alkyl halides is 1. The summed E-state index contributed by atoms with van der Waals surface area (Å²) >= 11 is 3.45. The fourth-order valence-corrected chi connectivity index (χ4v) is 1.87. The molecule has 0 N–H and O–H groups in total. The lowest BCUT2D eigenvalue weighted by Gasteiger charge is -2.29. The Bertz CT molecular complexity index is 197. The summed E-state index contributed by atoms with van der Waals surface area (Å²) in [4.78, 5) is 11.2. The van der Waals surface area contributed by atoms with Crippen molar-refractivity contribution in [2.45, 2.75) is 37.0 Å². The van der Waals surface area contributed by atoms with Crippen LogP contribution in [0.2, 0.25) is 0 Å². The van der Waals surface area contributed by atoms with E-state index in [1.54, 1.807) is 6.92 Å². The van der Waals surface area contributed by atoms with Gasteiger partial charge < -0.3 is 14.2 Å². The molecule has 0 spiro atoms. The molecule has 5 heteroatoms. The first-order valence-electron chi connectivity index (χ1n) is 4.64. The Kier molecular flexibility index (Phi) is 4.84. The molecule has 1 heterocycles. The maximum Gasteiger partial charge on any atom is 0.334 e. The predicted molar refractivity (Wildman–Crippen MR) is 54.3 cm³/mol. The first-order valence-corrected chi connectivity index (χ1v) is 5.55. The Labute approximate surface area is 92.0 Å². The summed E-state index contributed by atoms with van der Waals surface area (Å²) in [5, 5.41) is 0. The van der Waals surface area contributed by atoms with Gasteiger partial charge in [0.2, 0.25) is 0 Å². The molecule has 82 valence electrons. The van der Waals surface area contributed by atoms with Crippen molar-refractivity contribution in [3.8, 4) is 0 Å². The molecule has 0 radical (unpaired) electrons. The molecule has 1 rings (SSSR count). The zero-order valence-electron chi connectivity index (χ0n) is 8.36. The Balaban J connectivity index is 2.38. The molecule has 3 atom stereocenters. The number of carbonyl (C=O) groups is 1. The van der Waals surface area contributed by atoms with Gasteiger partial charge in [-0.05, 0) is 19.8 Å². The van der Waals surface area contributed by atoms with E-state index in [1.165, 1.54) is 7.11 Å². The van der Waals surface area contributed by atoms with Gasteiger partial charge in [0.05, 0.1) is 11.9 Å². The number of rotatable bonds is 3. The summed E-state index contributed by atoms with van der Waals surface area (Å²) in [6.07, 6.45) is 1.09. The van der Waals surface area contributed by atoms with E-state index in [2.05, 4.69) is 20.7 Å². The van der Waals surface area contributed by atoms with Crippen LogP contribution in [0.5, 0.6) is 0 Å². The fraction of sp³-hybridized carbons (Fsp3) is 0.889. The summed E-state index contributed by atoms with van der Waals surface area (Å²) in [6, 6.07) is 0. The fourth-order valence-electron chi connectivity index (χ4n) is 1.27. The third-order valence-electron chi connectivity index (χ3n) is 2.07. The monoisotopic (exact) mass is 266 g/mol. The van der Waals surface area contributed by atoms with Crippen molar-refractivity contribution in [2.75, 3.05) is 13.7 Å². The second kappa shape index (κ2) is 5.68. The number of hydrogen-bond donors (Lipinski definition) is 0. The summed E-state index contributed by atoms with van der Waals surface area (Å²) < 4.78 is 15.3. The lowest BCUT2D eigenvalue weighted by Crippen LogP contribution is -2.37. The maximum atomic E-state index is 11.1. The van der Waals surface area contributed by atoms with Crippen LogP contribution in [0.25, 0.3) is 0 Å². The highest BCUT2D eigenvalue weighted by molar-refractivity contribution is 9.09. The second-order valence-electron chi connectivity index (χ2n) is 3.20. The molecule has 0 unspecified atom stereocenters. The highest BCUT2D eigenvalue weighted by Gasteiger charge is 2.28. The van der Waals surface area contributed by atoms with Crippen molar-refractivity contribution in [1.29, 1.82) is 0 Å². The topological polar surface area (TPSA) is 44.8 Å². The SMILES string of the molecule is COC(=O)[C@H](C)O[C@H]1OCCC[C@@H]1Br. The number of carbonyl (C=O) groups excluding carboxylic acids is 1. The van der Waals surface area contributed by atoms with Crippen LogP contribution in [0.4, 0.5) is 0 Å². The normalized spacial score (nSPS) is 29.6. The van der Waals surface area contributed by atoms with Gasteiger partial charge in [0.25, 0.3) is 0 Å². The van der Waals surface area contributed by atoms with Crippen molar-refractivity contribution in [1.82, 2.24) is 0 Å². The van der Waals surface area contributed by atoms with E-state index < -0.39 is 6.10 Å². The molecule has 1 fully saturated rings. The lowest BCUT2D eigenvalue weighted by molar-refractivity contribution is -0.195. The van der Waals surface area contributed by atoms with E-state index in [-0.39, 0.29) is 17.1 Å². The molecule has 1 aliphatic rings. The van der Waals surface area contributed by atoms with Gasteiger partial charge in [-0.15, -0.1) is 0 Å². The number of halogens is 1. The molecule has 0 amide bonds. The van der Waals surface area contributed by atoms with Crippen LogP contribution >= 0.6 is 15.9 Å². The molecule has 0 aliphatic carbocycles. The average Bonchev–Trinajstić information content (AvgIpc) is 2.20. The molecule has 0 bridgehead atoms. The van der Waals surface area contributed by atoms with E-state index in [0.717, 1.165) is 12.8 Å². The standard InChI is InChI=1S/C9H15BrO4/c1-6(8(11)12-2)14-9-7(10)4-3-5-13-9/h6-7,9H,3-5H2,1-2H3/t6-,7-,9+/m0/s1. The van der Waals surface area contributed by atoms with Crippen molar-refractivity contribution < 1.29 is 19.0 Å². The summed E-state index contributed by atoms with van der Waals surface area (Å²) in [6.45, 7) is 2.34. The minimum atomic E-state index is -0.580. The van der Waals surface area contributed by atoms with Crippen LogP contribution in [-0.4, -0.2) is 36.9 Å². The first kappa shape index (κ1) is 11.9. The number of ether oxygens (including phenoxy) is 3. The minimum Gasteiger partial charge on any atom is -0.467 e. The Morgan fingerprint density at radius 3 is 2.93 bits per heavy atom. The van der Waals surface area contributed by atoms with Gasteiger partial charge in [0, 0.05) is 6.61 Å². The van der Waals surface area contributed by atoms with E-state index >= 15 is 0 Å². The van der Waals surface area contributed by atoms with Gasteiger partial charge in [-0.2, -0.15) is 0 Å². The third kappa shape index (κ3) is 3.22. The molecule has 0 aromatic heterocycles. The van der Waals surface area contributed by atoms with Gasteiger partial charge in [0.1, 0.15) is 0 Å². The Hall–Kier alpha value is -0.130. The predicted octanol–water partition coefficient (Wildman–Crippen LogP) is 1.46. The molecule has 0 saturated carbocycles. The van der Waals surface area contributed by atoms with Crippen molar-refractivity contribution >= 4 is 21.9 Å². The van der Waals surface area contributed by atoms with Crippen molar-refractivity contribution in [2.24, 2.45) is 0 Å². The Morgan fingerprint density at radius 1 is 1.64 bits per heavy atom. The molecule has 1 aliphatic heterocycles. The Morgan fingerprint density at radius 2 is 2.36 bits per heavy atom. The average molecular weight is 267 g/mol. The van der Waals surface area contributed by atoms with Crippen LogP contribution in [0.15, 0.2) is 0 Å². The van der Waals surface area contributed by atoms with Crippen molar-refractivity contribution in [3.05, 3.63) is 0 Å². The minimum absolute atomic E-state index is 0.156. The molecular formula is C9H15BrO4. The van der Waals surface area contributed by atoms with E-state index in [4.69, 9.17) is 9.47 Å². The first-order chi connectivity index (χ1) is 6.65. The molecule has 1 saturated heterocycles. The van der Waals surface area contributed by atoms with E-state index in [0.29, 0.717) is 6.61 Å². The molecule has 4 nitrogen and oxygen atoms in total. The van der Waals surface area contributed by atoms with Crippen LogP contribution in [-0.2, 0) is 19.0 Å².